The van der Waals surface area contributed by atoms with E-state index in [1.165, 1.54) is 88.2 Å². The molecule has 0 nitrogen and oxygen atoms in total. The second-order valence-electron chi connectivity index (χ2n) is 12.8. The van der Waals surface area contributed by atoms with Crippen molar-refractivity contribution in [3.05, 3.63) is 130 Å². The van der Waals surface area contributed by atoms with Crippen LogP contribution in [-0.2, 0) is 12.8 Å². The molecular formula is C46H50. The Balaban J connectivity index is 1.34. The topological polar surface area (TPSA) is 0 Å². The van der Waals surface area contributed by atoms with E-state index in [2.05, 4.69) is 135 Å². The number of rotatable bonds is 14. The molecule has 0 atom stereocenters. The lowest BCUT2D eigenvalue weighted by Crippen LogP contribution is -1.91. The van der Waals surface area contributed by atoms with Crippen LogP contribution in [0.25, 0.3) is 21.5 Å². The maximum atomic E-state index is 3.58. The predicted octanol–water partition coefficient (Wildman–Crippen LogP) is 12.6. The lowest BCUT2D eigenvalue weighted by Gasteiger charge is -2.10. The minimum Gasteiger partial charge on any atom is -0.0654 e. The SMILES string of the molecule is CCCCCCCCc1ccc(C#Cc2c3ccccc3c(C#Cc3ccc(CCCCCCCC)cc3)c3ccccc23)cc1. The van der Waals surface area contributed by atoms with Crippen molar-refractivity contribution in [1.82, 2.24) is 0 Å². The summed E-state index contributed by atoms with van der Waals surface area (Å²) < 4.78 is 0. The predicted molar refractivity (Wildman–Crippen MR) is 200 cm³/mol. The van der Waals surface area contributed by atoms with Crippen LogP contribution < -0.4 is 0 Å². The minimum atomic E-state index is 1.06. The smallest absolute Gasteiger partial charge is 0.0406 e. The van der Waals surface area contributed by atoms with E-state index in [9.17, 15) is 0 Å². The van der Waals surface area contributed by atoms with Crippen LogP contribution in [0.3, 0.4) is 0 Å². The molecule has 0 saturated heterocycles. The molecule has 0 spiro atoms. The van der Waals surface area contributed by atoms with Gasteiger partial charge in [-0.05, 0) is 82.6 Å². The molecule has 5 aromatic carbocycles. The number of unbranched alkanes of at least 4 members (excludes halogenated alkanes) is 10. The van der Waals surface area contributed by atoms with E-state index in [0.717, 1.165) is 56.6 Å². The fraction of sp³-hybridized carbons (Fsp3) is 0.348. The first kappa shape index (κ1) is 33.1. The standard InChI is InChI=1S/C46H50/c1-3-5-7-9-11-13-19-37-25-29-39(30-26-37)33-35-45-41-21-15-17-23-43(41)46(44-24-18-16-22-42(44)45)36-34-40-31-27-38(28-32-40)20-14-12-10-8-6-4-2/h15-18,21-32H,3-14,19-20H2,1-2H3. The Hall–Kier alpha value is -4.26. The van der Waals surface area contributed by atoms with Gasteiger partial charge in [-0.15, -0.1) is 0 Å². The molecule has 0 radical (unpaired) electrons. The second kappa shape index (κ2) is 18.0. The first-order valence-corrected chi connectivity index (χ1v) is 17.9. The number of fused-ring (bicyclic) bond motifs is 2. The molecule has 5 aromatic rings. The Morgan fingerprint density at radius 1 is 0.348 bits per heavy atom. The van der Waals surface area contributed by atoms with Crippen molar-refractivity contribution in [3.8, 4) is 23.7 Å². The van der Waals surface area contributed by atoms with Gasteiger partial charge in [0.2, 0.25) is 0 Å². The molecule has 0 fully saturated rings. The van der Waals surface area contributed by atoms with Gasteiger partial charge in [0.15, 0.2) is 0 Å². The summed E-state index contributed by atoms with van der Waals surface area (Å²) in [5.74, 6) is 14.1. The summed E-state index contributed by atoms with van der Waals surface area (Å²) in [7, 11) is 0. The van der Waals surface area contributed by atoms with Crippen LogP contribution in [0.1, 0.15) is 124 Å². The number of hydrogen-bond donors (Lipinski definition) is 0. The molecular weight excluding hydrogens is 553 g/mol. The van der Waals surface area contributed by atoms with E-state index in [1.54, 1.807) is 0 Å². The van der Waals surface area contributed by atoms with Crippen LogP contribution >= 0.6 is 0 Å². The molecule has 0 aliphatic rings. The Morgan fingerprint density at radius 3 is 1.02 bits per heavy atom. The average Bonchev–Trinajstić information content (AvgIpc) is 3.10. The minimum absolute atomic E-state index is 1.06. The molecule has 46 heavy (non-hydrogen) atoms. The summed E-state index contributed by atoms with van der Waals surface area (Å²) in [6, 6.07) is 35.0. The van der Waals surface area contributed by atoms with Crippen molar-refractivity contribution in [2.45, 2.75) is 104 Å². The van der Waals surface area contributed by atoms with Crippen LogP contribution in [0.2, 0.25) is 0 Å². The third kappa shape index (κ3) is 9.38. The van der Waals surface area contributed by atoms with Gasteiger partial charge in [0.1, 0.15) is 0 Å². The van der Waals surface area contributed by atoms with Gasteiger partial charge >= 0.3 is 0 Å². The molecule has 0 bridgehead atoms. The summed E-state index contributed by atoms with van der Waals surface area (Å²) in [6.07, 6.45) is 18.3. The zero-order valence-electron chi connectivity index (χ0n) is 28.1. The van der Waals surface area contributed by atoms with E-state index < -0.39 is 0 Å². The summed E-state index contributed by atoms with van der Waals surface area (Å²) in [6.45, 7) is 4.55. The van der Waals surface area contributed by atoms with Crippen molar-refractivity contribution in [2.24, 2.45) is 0 Å². The quantitative estimate of drug-likeness (QED) is 0.0674. The van der Waals surface area contributed by atoms with Crippen molar-refractivity contribution >= 4 is 21.5 Å². The Morgan fingerprint density at radius 2 is 0.674 bits per heavy atom. The molecule has 0 heteroatoms. The van der Waals surface area contributed by atoms with Gasteiger partial charge < -0.3 is 0 Å². The highest BCUT2D eigenvalue weighted by Gasteiger charge is 2.11. The van der Waals surface area contributed by atoms with E-state index >= 15 is 0 Å². The fourth-order valence-electron chi connectivity index (χ4n) is 6.40. The molecule has 0 N–H and O–H groups in total. The molecule has 0 aliphatic heterocycles. The first-order valence-electron chi connectivity index (χ1n) is 17.9. The third-order valence-corrected chi connectivity index (χ3v) is 9.14. The maximum Gasteiger partial charge on any atom is 0.0406 e. The summed E-state index contributed by atoms with van der Waals surface area (Å²) in [5, 5.41) is 4.64. The molecule has 0 saturated carbocycles. The van der Waals surface area contributed by atoms with E-state index in [4.69, 9.17) is 0 Å². The summed E-state index contributed by atoms with van der Waals surface area (Å²) in [4.78, 5) is 0. The van der Waals surface area contributed by atoms with Gasteiger partial charge in [-0.3, -0.25) is 0 Å². The Kier molecular flexibility index (Phi) is 13.0. The van der Waals surface area contributed by atoms with Crippen molar-refractivity contribution in [1.29, 1.82) is 0 Å². The molecule has 0 aliphatic carbocycles. The third-order valence-electron chi connectivity index (χ3n) is 9.14. The van der Waals surface area contributed by atoms with Crippen molar-refractivity contribution in [3.63, 3.8) is 0 Å². The molecule has 0 heterocycles. The number of benzene rings is 5. The van der Waals surface area contributed by atoms with E-state index in [1.807, 2.05) is 0 Å². The monoisotopic (exact) mass is 602 g/mol. The fourth-order valence-corrected chi connectivity index (χ4v) is 6.40. The van der Waals surface area contributed by atoms with Crippen LogP contribution in [0.5, 0.6) is 0 Å². The van der Waals surface area contributed by atoms with Crippen LogP contribution in [0.15, 0.2) is 97.1 Å². The highest BCUT2D eigenvalue weighted by molar-refractivity contribution is 6.09. The largest absolute Gasteiger partial charge is 0.0654 e. The highest BCUT2D eigenvalue weighted by atomic mass is 14.1. The Labute approximate surface area is 278 Å². The highest BCUT2D eigenvalue weighted by Crippen LogP contribution is 2.32. The van der Waals surface area contributed by atoms with Gasteiger partial charge in [0, 0.05) is 22.3 Å². The summed E-state index contributed by atoms with van der Waals surface area (Å²) in [5.41, 5.74) is 7.09. The zero-order chi connectivity index (χ0) is 31.8. The zero-order valence-corrected chi connectivity index (χ0v) is 28.1. The van der Waals surface area contributed by atoms with E-state index in [0.29, 0.717) is 0 Å². The van der Waals surface area contributed by atoms with Crippen LogP contribution in [-0.4, -0.2) is 0 Å². The van der Waals surface area contributed by atoms with Crippen LogP contribution in [0.4, 0.5) is 0 Å². The lowest BCUT2D eigenvalue weighted by atomic mass is 9.91. The van der Waals surface area contributed by atoms with Gasteiger partial charge in [-0.25, -0.2) is 0 Å². The Bertz CT molecular complexity index is 1600. The molecule has 5 rings (SSSR count). The van der Waals surface area contributed by atoms with Gasteiger partial charge in [0.25, 0.3) is 0 Å². The summed E-state index contributed by atoms with van der Waals surface area (Å²) >= 11 is 0. The number of aryl methyl sites for hydroxylation is 2. The molecule has 0 unspecified atom stereocenters. The van der Waals surface area contributed by atoms with Crippen molar-refractivity contribution < 1.29 is 0 Å². The maximum absolute atomic E-state index is 3.58. The van der Waals surface area contributed by atoms with Gasteiger partial charge in [0.05, 0.1) is 0 Å². The van der Waals surface area contributed by atoms with Crippen LogP contribution in [0, 0.1) is 23.7 Å². The van der Waals surface area contributed by atoms with E-state index in [-0.39, 0.29) is 0 Å². The van der Waals surface area contributed by atoms with Gasteiger partial charge in [-0.1, -0.05) is 175 Å². The molecule has 234 valence electrons. The normalized spacial score (nSPS) is 10.8. The lowest BCUT2D eigenvalue weighted by molar-refractivity contribution is 0.607. The molecule has 0 amide bonds. The average molecular weight is 603 g/mol. The van der Waals surface area contributed by atoms with Gasteiger partial charge in [-0.2, -0.15) is 0 Å². The molecule has 0 aromatic heterocycles. The number of hydrogen-bond acceptors (Lipinski definition) is 0. The second-order valence-corrected chi connectivity index (χ2v) is 12.8. The first-order chi connectivity index (χ1) is 22.8. The van der Waals surface area contributed by atoms with Crippen molar-refractivity contribution in [2.75, 3.05) is 0 Å².